The molecule has 0 saturated carbocycles. The Balaban J connectivity index is 2.69. The maximum Gasteiger partial charge on any atom is 0.293 e. The molecule has 16 heavy (non-hydrogen) atoms. The predicted molar refractivity (Wildman–Crippen MR) is 66.2 cm³/mol. The quantitative estimate of drug-likeness (QED) is 0.523. The first-order chi connectivity index (χ1) is 7.50. The molecule has 0 spiro atoms. The highest BCUT2D eigenvalue weighted by molar-refractivity contribution is 9.10. The van der Waals surface area contributed by atoms with Gasteiger partial charge in [0, 0.05) is 21.6 Å². The van der Waals surface area contributed by atoms with Crippen molar-refractivity contribution in [3.05, 3.63) is 33.4 Å². The Morgan fingerprint density at radius 3 is 2.62 bits per heavy atom. The summed E-state index contributed by atoms with van der Waals surface area (Å²) in [5.74, 6) is -0.744. The molecule has 2 rings (SSSR count). The van der Waals surface area contributed by atoms with Gasteiger partial charge >= 0.3 is 0 Å². The van der Waals surface area contributed by atoms with E-state index in [0.29, 0.717) is 20.4 Å². The summed E-state index contributed by atoms with van der Waals surface area (Å²) in [4.78, 5) is 25.1. The van der Waals surface area contributed by atoms with Gasteiger partial charge in [-0.1, -0.05) is 11.6 Å². The van der Waals surface area contributed by atoms with Crippen LogP contribution < -0.4 is 0 Å². The summed E-state index contributed by atoms with van der Waals surface area (Å²) < 4.78 is 0.708. The van der Waals surface area contributed by atoms with Crippen LogP contribution in [0, 0.1) is 0 Å². The van der Waals surface area contributed by atoms with Crippen molar-refractivity contribution in [1.82, 2.24) is 4.98 Å². The zero-order chi connectivity index (χ0) is 11.9. The zero-order valence-corrected chi connectivity index (χ0v) is 10.8. The van der Waals surface area contributed by atoms with Crippen molar-refractivity contribution in [3.63, 3.8) is 0 Å². The van der Waals surface area contributed by atoms with Gasteiger partial charge < -0.3 is 4.98 Å². The third-order valence-corrected chi connectivity index (χ3v) is 3.51. The molecule has 6 heteroatoms. The van der Waals surface area contributed by atoms with Gasteiger partial charge in [0.2, 0.25) is 5.78 Å². The van der Waals surface area contributed by atoms with Crippen LogP contribution in [0.1, 0.15) is 10.4 Å². The smallest absolute Gasteiger partial charge is 0.293 e. The van der Waals surface area contributed by atoms with Crippen molar-refractivity contribution >= 4 is 61.1 Å². The molecule has 0 radical (unpaired) electrons. The number of Topliss-reactive ketones (excluding diaryl/α,β-unsaturated/α-hetero) is 1. The number of carbonyl (C=O) groups excluding carboxylic acids is 2. The molecule has 82 valence electrons. The molecular formula is C10H4BrCl2NO2. The Labute approximate surface area is 109 Å². The number of aromatic nitrogens is 1. The Hall–Kier alpha value is -0.840. The third kappa shape index (κ3) is 1.88. The van der Waals surface area contributed by atoms with Crippen LogP contribution in [0.5, 0.6) is 0 Å². The molecule has 3 nitrogen and oxygen atoms in total. The minimum Gasteiger partial charge on any atom is -0.360 e. The molecule has 2 aromatic rings. The largest absolute Gasteiger partial charge is 0.360 e. The Morgan fingerprint density at radius 2 is 2.00 bits per heavy atom. The number of aromatic amines is 1. The second kappa shape index (κ2) is 4.20. The number of rotatable bonds is 2. The standard InChI is InChI=1S/C10H4BrCl2NO2/c11-6-2-8-4(1-7(6)12)5(3-14-8)9(15)10(13)16/h1-3,14H. The number of hydrogen-bond donors (Lipinski definition) is 1. The molecule has 1 N–H and O–H groups in total. The van der Waals surface area contributed by atoms with Gasteiger partial charge in [-0.15, -0.1) is 0 Å². The van der Waals surface area contributed by atoms with Gasteiger partial charge in [-0.3, -0.25) is 9.59 Å². The number of halogens is 3. The van der Waals surface area contributed by atoms with E-state index in [1.807, 2.05) is 0 Å². The average Bonchev–Trinajstić information content (AvgIpc) is 2.60. The maximum atomic E-state index is 11.5. The van der Waals surface area contributed by atoms with E-state index in [1.54, 1.807) is 12.1 Å². The van der Waals surface area contributed by atoms with Crippen LogP contribution in [0.2, 0.25) is 5.02 Å². The summed E-state index contributed by atoms with van der Waals surface area (Å²) >= 11 is 14.3. The minimum absolute atomic E-state index is 0.226. The van der Waals surface area contributed by atoms with Crippen LogP contribution in [0.3, 0.4) is 0 Å². The summed E-state index contributed by atoms with van der Waals surface area (Å²) in [6.45, 7) is 0. The first-order valence-electron chi connectivity index (χ1n) is 4.21. The topological polar surface area (TPSA) is 49.9 Å². The predicted octanol–water partition coefficient (Wildman–Crippen LogP) is 3.53. The van der Waals surface area contributed by atoms with E-state index in [0.717, 1.165) is 0 Å². The maximum absolute atomic E-state index is 11.5. The second-order valence-electron chi connectivity index (χ2n) is 3.12. The van der Waals surface area contributed by atoms with Crippen LogP contribution in [0.15, 0.2) is 22.8 Å². The number of hydrogen-bond acceptors (Lipinski definition) is 2. The van der Waals surface area contributed by atoms with Gasteiger partial charge in [0.05, 0.1) is 10.6 Å². The van der Waals surface area contributed by atoms with E-state index in [9.17, 15) is 9.59 Å². The summed E-state index contributed by atoms with van der Waals surface area (Å²) in [7, 11) is 0. The molecule has 0 atom stereocenters. The number of nitrogens with one attached hydrogen (secondary N) is 1. The summed E-state index contributed by atoms with van der Waals surface area (Å²) in [5, 5.41) is 0.0234. The highest BCUT2D eigenvalue weighted by Gasteiger charge is 2.18. The molecular weight excluding hydrogens is 317 g/mol. The van der Waals surface area contributed by atoms with Crippen LogP contribution in [0.25, 0.3) is 10.9 Å². The minimum atomic E-state index is -1.01. The number of ketones is 1. The molecule has 0 amide bonds. The summed E-state index contributed by atoms with van der Waals surface area (Å²) in [5.41, 5.74) is 0.932. The SMILES string of the molecule is O=C(Cl)C(=O)c1c[nH]c2cc(Br)c(Cl)cc12. The van der Waals surface area contributed by atoms with Crippen molar-refractivity contribution in [1.29, 1.82) is 0 Å². The van der Waals surface area contributed by atoms with E-state index < -0.39 is 11.0 Å². The lowest BCUT2D eigenvalue weighted by atomic mass is 10.1. The highest BCUT2D eigenvalue weighted by atomic mass is 79.9. The van der Waals surface area contributed by atoms with Gasteiger partial charge in [-0.25, -0.2) is 0 Å². The van der Waals surface area contributed by atoms with E-state index in [1.165, 1.54) is 6.20 Å². The van der Waals surface area contributed by atoms with E-state index >= 15 is 0 Å². The fraction of sp³-hybridized carbons (Fsp3) is 0. The van der Waals surface area contributed by atoms with Gasteiger partial charge in [0.25, 0.3) is 5.24 Å². The fourth-order valence-electron chi connectivity index (χ4n) is 1.41. The zero-order valence-electron chi connectivity index (χ0n) is 7.68. The molecule has 0 bridgehead atoms. The van der Waals surface area contributed by atoms with Crippen molar-refractivity contribution < 1.29 is 9.59 Å². The number of carbonyl (C=O) groups is 2. The summed E-state index contributed by atoms with van der Waals surface area (Å²) in [6, 6.07) is 3.33. The molecule has 0 aliphatic heterocycles. The number of benzene rings is 1. The molecule has 0 saturated heterocycles. The van der Waals surface area contributed by atoms with Gasteiger partial charge in [-0.05, 0) is 39.7 Å². The first-order valence-corrected chi connectivity index (χ1v) is 5.76. The molecule has 0 aliphatic carbocycles. The molecule has 1 aromatic carbocycles. The Kier molecular flexibility index (Phi) is 3.06. The van der Waals surface area contributed by atoms with Gasteiger partial charge in [0.1, 0.15) is 0 Å². The Bertz CT molecular complexity index is 606. The van der Waals surface area contributed by atoms with Crippen LogP contribution in [-0.2, 0) is 4.79 Å². The van der Waals surface area contributed by atoms with E-state index in [4.69, 9.17) is 23.2 Å². The van der Waals surface area contributed by atoms with Gasteiger partial charge in [0.15, 0.2) is 0 Å². The Morgan fingerprint density at radius 1 is 1.31 bits per heavy atom. The van der Waals surface area contributed by atoms with E-state index in [2.05, 4.69) is 20.9 Å². The normalized spacial score (nSPS) is 10.7. The molecule has 1 aromatic heterocycles. The lowest BCUT2D eigenvalue weighted by Crippen LogP contribution is -2.06. The third-order valence-electron chi connectivity index (χ3n) is 2.15. The van der Waals surface area contributed by atoms with Crippen LogP contribution in [-0.4, -0.2) is 16.0 Å². The lowest BCUT2D eigenvalue weighted by Gasteiger charge is -1.97. The highest BCUT2D eigenvalue weighted by Crippen LogP contribution is 2.30. The van der Waals surface area contributed by atoms with E-state index in [-0.39, 0.29) is 5.56 Å². The molecule has 0 aliphatic rings. The van der Waals surface area contributed by atoms with Crippen LogP contribution in [0.4, 0.5) is 0 Å². The first kappa shape index (κ1) is 11.6. The number of fused-ring (bicyclic) bond motifs is 1. The lowest BCUT2D eigenvalue weighted by molar-refractivity contribution is -0.108. The van der Waals surface area contributed by atoms with Crippen molar-refractivity contribution in [2.75, 3.05) is 0 Å². The molecule has 1 heterocycles. The fourth-order valence-corrected chi connectivity index (χ4v) is 2.02. The number of H-pyrrole nitrogens is 1. The van der Waals surface area contributed by atoms with Crippen molar-refractivity contribution in [2.24, 2.45) is 0 Å². The molecule has 0 unspecified atom stereocenters. The second-order valence-corrected chi connectivity index (χ2v) is 4.72. The van der Waals surface area contributed by atoms with Crippen molar-refractivity contribution in [2.45, 2.75) is 0 Å². The van der Waals surface area contributed by atoms with Gasteiger partial charge in [-0.2, -0.15) is 0 Å². The average molecular weight is 321 g/mol. The summed E-state index contributed by atoms with van der Waals surface area (Å²) in [6.07, 6.45) is 1.44. The van der Waals surface area contributed by atoms with Crippen LogP contribution >= 0.6 is 39.1 Å². The molecule has 0 fully saturated rings. The van der Waals surface area contributed by atoms with Crippen molar-refractivity contribution in [3.8, 4) is 0 Å². The monoisotopic (exact) mass is 319 g/mol.